The maximum absolute atomic E-state index is 12.5. The lowest BCUT2D eigenvalue weighted by molar-refractivity contribution is -0.117. The van der Waals surface area contributed by atoms with Crippen molar-refractivity contribution in [2.45, 2.75) is 12.3 Å². The van der Waals surface area contributed by atoms with Gasteiger partial charge in [0.15, 0.2) is 5.82 Å². The van der Waals surface area contributed by atoms with Gasteiger partial charge >= 0.3 is 12.3 Å². The summed E-state index contributed by atoms with van der Waals surface area (Å²) in [5.41, 5.74) is 5.26. The molecule has 0 atom stereocenters. The van der Waals surface area contributed by atoms with E-state index in [9.17, 15) is 17.6 Å². The molecule has 0 amide bonds. The van der Waals surface area contributed by atoms with Gasteiger partial charge in [-0.25, -0.2) is 13.8 Å². The molecule has 0 saturated heterocycles. The maximum Gasteiger partial charge on any atom is 0.324 e. The Kier molecular flexibility index (Phi) is 3.74. The lowest BCUT2D eigenvalue weighted by atomic mass is 10.3. The summed E-state index contributed by atoms with van der Waals surface area (Å²) < 4.78 is 48.7. The van der Waals surface area contributed by atoms with E-state index in [1.54, 1.807) is 0 Å². The van der Waals surface area contributed by atoms with E-state index in [0.717, 1.165) is 6.20 Å². The van der Waals surface area contributed by atoms with Crippen LogP contribution in [-0.4, -0.2) is 28.9 Å². The molecule has 90 valence electrons. The molecule has 4 nitrogen and oxygen atoms in total. The van der Waals surface area contributed by atoms with Crippen molar-refractivity contribution in [1.82, 2.24) is 9.97 Å². The van der Waals surface area contributed by atoms with E-state index in [1.807, 2.05) is 5.32 Å². The van der Waals surface area contributed by atoms with Crippen LogP contribution in [-0.2, 0) is 0 Å². The summed E-state index contributed by atoms with van der Waals surface area (Å²) in [6.07, 6.45) is -2.68. The van der Waals surface area contributed by atoms with Gasteiger partial charge in [0.25, 0.3) is 0 Å². The zero-order valence-electron chi connectivity index (χ0n) is 7.72. The number of aromatic nitrogens is 2. The van der Waals surface area contributed by atoms with Crippen LogP contribution >= 0.6 is 11.6 Å². The van der Waals surface area contributed by atoms with Gasteiger partial charge in [-0.3, -0.25) is 0 Å². The molecular weight excluding hydrogens is 252 g/mol. The number of nitrogen functional groups attached to an aromatic ring is 1. The highest BCUT2D eigenvalue weighted by Crippen LogP contribution is 2.24. The number of halogens is 5. The lowest BCUT2D eigenvalue weighted by Gasteiger charge is -2.16. The molecule has 0 aliphatic rings. The standard InChI is InChI=1S/C7H7ClF4N4/c8-6-14-1-3(13)4(16-6)15-2-7(11,12)5(9)10/h1,5H,2,13H2,(H,14,15,16). The van der Waals surface area contributed by atoms with Gasteiger partial charge in [-0.15, -0.1) is 0 Å². The van der Waals surface area contributed by atoms with Crippen molar-refractivity contribution < 1.29 is 17.6 Å². The van der Waals surface area contributed by atoms with Crippen LogP contribution in [0.1, 0.15) is 0 Å². The van der Waals surface area contributed by atoms with Crippen molar-refractivity contribution in [3.8, 4) is 0 Å². The molecule has 1 rings (SSSR count). The van der Waals surface area contributed by atoms with Crippen LogP contribution in [0.5, 0.6) is 0 Å². The van der Waals surface area contributed by atoms with Gasteiger partial charge in [-0.2, -0.15) is 13.8 Å². The molecule has 0 spiro atoms. The molecule has 1 aromatic rings. The van der Waals surface area contributed by atoms with Gasteiger partial charge in [0.2, 0.25) is 5.28 Å². The Bertz CT molecular complexity index is 373. The summed E-state index contributed by atoms with van der Waals surface area (Å²) in [6, 6.07) is 0. The normalized spacial score (nSPS) is 11.9. The molecule has 1 heterocycles. The number of hydrogen-bond acceptors (Lipinski definition) is 4. The first-order valence-corrected chi connectivity index (χ1v) is 4.38. The third kappa shape index (κ3) is 3.09. The Balaban J connectivity index is 2.71. The molecule has 1 aromatic heterocycles. The first-order valence-electron chi connectivity index (χ1n) is 4.01. The summed E-state index contributed by atoms with van der Waals surface area (Å²) in [7, 11) is 0. The number of nitrogens with one attached hydrogen (secondary N) is 1. The minimum Gasteiger partial charge on any atom is -0.394 e. The van der Waals surface area contributed by atoms with Crippen molar-refractivity contribution in [2.75, 3.05) is 17.6 Å². The highest BCUT2D eigenvalue weighted by Gasteiger charge is 2.40. The quantitative estimate of drug-likeness (QED) is 0.641. The van der Waals surface area contributed by atoms with Gasteiger partial charge in [0.05, 0.1) is 18.4 Å². The molecular formula is C7H7ClF4N4. The summed E-state index contributed by atoms with van der Waals surface area (Å²) in [4.78, 5) is 6.95. The summed E-state index contributed by atoms with van der Waals surface area (Å²) in [5, 5.41) is 1.76. The predicted octanol–water partition coefficient (Wildman–Crippen LogP) is 2.02. The summed E-state index contributed by atoms with van der Waals surface area (Å²) >= 11 is 5.38. The Labute approximate surface area is 92.8 Å². The second-order valence-corrected chi connectivity index (χ2v) is 3.20. The average Bonchev–Trinajstić information content (AvgIpc) is 2.19. The minimum atomic E-state index is -4.16. The SMILES string of the molecule is Nc1cnc(Cl)nc1NCC(F)(F)C(F)F. The third-order valence-electron chi connectivity index (χ3n) is 1.60. The first kappa shape index (κ1) is 12.8. The molecule has 9 heteroatoms. The fourth-order valence-electron chi connectivity index (χ4n) is 0.790. The van der Waals surface area contributed by atoms with Crippen LogP contribution in [0.25, 0.3) is 0 Å². The minimum absolute atomic E-state index is 0.0607. The van der Waals surface area contributed by atoms with Crippen LogP contribution in [0.3, 0.4) is 0 Å². The summed E-state index contributed by atoms with van der Waals surface area (Å²) in [5.74, 6) is -4.37. The van der Waals surface area contributed by atoms with Crippen LogP contribution in [0.2, 0.25) is 5.28 Å². The molecule has 0 unspecified atom stereocenters. The molecule has 0 radical (unpaired) electrons. The fraction of sp³-hybridized carbons (Fsp3) is 0.429. The van der Waals surface area contributed by atoms with E-state index < -0.39 is 18.9 Å². The number of alkyl halides is 4. The highest BCUT2D eigenvalue weighted by molar-refractivity contribution is 6.28. The molecule has 0 fully saturated rings. The maximum atomic E-state index is 12.5. The van der Waals surface area contributed by atoms with E-state index in [0.29, 0.717) is 0 Å². The van der Waals surface area contributed by atoms with Gasteiger partial charge in [0, 0.05) is 0 Å². The Morgan fingerprint density at radius 3 is 2.69 bits per heavy atom. The van der Waals surface area contributed by atoms with E-state index in [2.05, 4.69) is 9.97 Å². The summed E-state index contributed by atoms with van der Waals surface area (Å²) in [6.45, 7) is -1.29. The lowest BCUT2D eigenvalue weighted by Crippen LogP contribution is -2.35. The number of anilines is 2. The van der Waals surface area contributed by atoms with Crippen LogP contribution in [0.4, 0.5) is 29.1 Å². The Morgan fingerprint density at radius 1 is 1.50 bits per heavy atom. The van der Waals surface area contributed by atoms with Crippen LogP contribution in [0.15, 0.2) is 6.20 Å². The molecule has 0 aliphatic carbocycles. The average molecular weight is 259 g/mol. The van der Waals surface area contributed by atoms with Gasteiger partial charge < -0.3 is 11.1 Å². The van der Waals surface area contributed by atoms with E-state index in [1.165, 1.54) is 0 Å². The molecule has 0 saturated carbocycles. The molecule has 0 aliphatic heterocycles. The first-order chi connectivity index (χ1) is 7.33. The molecule has 0 bridgehead atoms. The van der Waals surface area contributed by atoms with E-state index in [4.69, 9.17) is 17.3 Å². The molecule has 3 N–H and O–H groups in total. The molecule has 16 heavy (non-hydrogen) atoms. The fourth-order valence-corrected chi connectivity index (χ4v) is 0.923. The Morgan fingerprint density at radius 2 is 2.12 bits per heavy atom. The zero-order valence-corrected chi connectivity index (χ0v) is 8.48. The smallest absolute Gasteiger partial charge is 0.324 e. The third-order valence-corrected chi connectivity index (χ3v) is 1.78. The van der Waals surface area contributed by atoms with Crippen molar-refractivity contribution in [3.63, 3.8) is 0 Å². The van der Waals surface area contributed by atoms with Crippen molar-refractivity contribution in [1.29, 1.82) is 0 Å². The van der Waals surface area contributed by atoms with Gasteiger partial charge in [-0.05, 0) is 11.6 Å². The number of rotatable bonds is 4. The number of hydrogen-bond donors (Lipinski definition) is 2. The topological polar surface area (TPSA) is 63.8 Å². The number of nitrogens with zero attached hydrogens (tertiary/aromatic N) is 2. The predicted molar refractivity (Wildman–Crippen MR) is 50.9 cm³/mol. The van der Waals surface area contributed by atoms with Crippen LogP contribution < -0.4 is 11.1 Å². The zero-order chi connectivity index (χ0) is 12.3. The molecule has 0 aromatic carbocycles. The highest BCUT2D eigenvalue weighted by atomic mass is 35.5. The second-order valence-electron chi connectivity index (χ2n) is 2.86. The van der Waals surface area contributed by atoms with E-state index >= 15 is 0 Å². The van der Waals surface area contributed by atoms with Gasteiger partial charge in [0.1, 0.15) is 0 Å². The van der Waals surface area contributed by atoms with Crippen molar-refractivity contribution in [2.24, 2.45) is 0 Å². The van der Waals surface area contributed by atoms with Gasteiger partial charge in [-0.1, -0.05) is 0 Å². The largest absolute Gasteiger partial charge is 0.394 e. The van der Waals surface area contributed by atoms with E-state index in [-0.39, 0.29) is 16.8 Å². The second kappa shape index (κ2) is 4.69. The van der Waals surface area contributed by atoms with Crippen molar-refractivity contribution >= 4 is 23.1 Å². The van der Waals surface area contributed by atoms with Crippen LogP contribution in [0, 0.1) is 0 Å². The number of nitrogens with two attached hydrogens (primary N) is 1. The van der Waals surface area contributed by atoms with Crippen molar-refractivity contribution in [3.05, 3.63) is 11.5 Å². The Hall–Kier alpha value is -1.31. The monoisotopic (exact) mass is 258 g/mol.